The van der Waals surface area contributed by atoms with Gasteiger partial charge in [-0.1, -0.05) is 48.5 Å². The van der Waals surface area contributed by atoms with Crippen molar-refractivity contribution in [3.8, 4) is 28.0 Å². The zero-order valence-electron chi connectivity index (χ0n) is 20.2. The summed E-state index contributed by atoms with van der Waals surface area (Å²) in [4.78, 5) is 4.36. The van der Waals surface area contributed by atoms with Crippen LogP contribution in [0.1, 0.15) is 24.5 Å². The molecule has 1 aliphatic heterocycles. The summed E-state index contributed by atoms with van der Waals surface area (Å²) in [6, 6.07) is 27.0. The van der Waals surface area contributed by atoms with Gasteiger partial charge in [0.25, 0.3) is 10.0 Å². The van der Waals surface area contributed by atoms with Crippen molar-refractivity contribution in [1.82, 2.24) is 14.0 Å². The SMILES string of the molecule is O=S(=O)(NBr)c1ccc(-c2ccccc2)cc1-c1ccc(OC(c2ccncc2)C2CCNCC2)cc1. The van der Waals surface area contributed by atoms with Crippen molar-refractivity contribution in [3.05, 3.63) is 103 Å². The maximum atomic E-state index is 12.8. The number of halogens is 1. The number of aromatic nitrogens is 1. The fourth-order valence-corrected chi connectivity index (χ4v) is 6.16. The first-order valence-corrected chi connectivity index (χ1v) is 14.5. The van der Waals surface area contributed by atoms with Crippen molar-refractivity contribution in [2.24, 2.45) is 5.92 Å². The van der Waals surface area contributed by atoms with E-state index in [0.717, 1.165) is 53.9 Å². The highest BCUT2D eigenvalue weighted by Crippen LogP contribution is 2.36. The smallest absolute Gasteiger partial charge is 0.250 e. The molecule has 37 heavy (non-hydrogen) atoms. The second-order valence-electron chi connectivity index (χ2n) is 9.09. The van der Waals surface area contributed by atoms with Gasteiger partial charge in [0.2, 0.25) is 0 Å². The third-order valence-electron chi connectivity index (χ3n) is 6.75. The standard InChI is InChI=1S/C29H28BrN3O3S/c30-33-37(34,35)28-11-8-25(21-4-2-1-3-5-21)20-27(28)22-6-9-26(10-7-22)36-29(23-12-16-31-17-13-23)24-14-18-32-19-15-24/h1-13,16-17,20,24,29,32-33H,14-15,18-19H2. The van der Waals surface area contributed by atoms with Crippen LogP contribution in [0.5, 0.6) is 5.75 Å². The number of rotatable bonds is 8. The highest BCUT2D eigenvalue weighted by atomic mass is 79.9. The molecule has 1 aliphatic rings. The topological polar surface area (TPSA) is 80.3 Å². The summed E-state index contributed by atoms with van der Waals surface area (Å²) in [7, 11) is -3.73. The Kier molecular flexibility index (Phi) is 8.00. The van der Waals surface area contributed by atoms with E-state index in [9.17, 15) is 8.42 Å². The Morgan fingerprint density at radius 2 is 1.54 bits per heavy atom. The first-order valence-electron chi connectivity index (χ1n) is 12.2. The number of sulfonamides is 1. The maximum Gasteiger partial charge on any atom is 0.250 e. The number of pyridine rings is 1. The van der Waals surface area contributed by atoms with Crippen molar-refractivity contribution in [1.29, 1.82) is 0 Å². The van der Waals surface area contributed by atoms with Crippen LogP contribution in [0.4, 0.5) is 0 Å². The number of benzene rings is 3. The van der Waals surface area contributed by atoms with E-state index in [-0.39, 0.29) is 11.0 Å². The van der Waals surface area contributed by atoms with Gasteiger partial charge in [0.05, 0.1) is 4.90 Å². The van der Waals surface area contributed by atoms with Crippen LogP contribution in [0.25, 0.3) is 22.3 Å². The Hall–Kier alpha value is -3.04. The molecule has 0 aliphatic carbocycles. The second kappa shape index (κ2) is 11.6. The van der Waals surface area contributed by atoms with E-state index < -0.39 is 10.0 Å². The lowest BCUT2D eigenvalue weighted by atomic mass is 9.88. The molecule has 5 rings (SSSR count). The molecule has 2 N–H and O–H groups in total. The van der Waals surface area contributed by atoms with Crippen molar-refractivity contribution in [3.63, 3.8) is 0 Å². The first-order chi connectivity index (χ1) is 18.0. The minimum Gasteiger partial charge on any atom is -0.485 e. The summed E-state index contributed by atoms with van der Waals surface area (Å²) in [5.74, 6) is 1.14. The Balaban J connectivity index is 1.48. The molecule has 0 amide bonds. The van der Waals surface area contributed by atoms with Crippen LogP contribution < -0.4 is 13.8 Å². The van der Waals surface area contributed by atoms with Crippen LogP contribution in [0, 0.1) is 5.92 Å². The van der Waals surface area contributed by atoms with Gasteiger partial charge in [-0.2, -0.15) is 0 Å². The van der Waals surface area contributed by atoms with E-state index in [1.54, 1.807) is 18.5 Å². The third-order valence-corrected chi connectivity index (χ3v) is 9.17. The summed E-state index contributed by atoms with van der Waals surface area (Å²) in [5, 5.41) is 3.42. The fourth-order valence-electron chi connectivity index (χ4n) is 4.84. The van der Waals surface area contributed by atoms with Gasteiger partial charge in [-0.3, -0.25) is 4.98 Å². The van der Waals surface area contributed by atoms with Crippen LogP contribution in [0.2, 0.25) is 0 Å². The molecule has 0 radical (unpaired) electrons. The summed E-state index contributed by atoms with van der Waals surface area (Å²) >= 11 is 2.91. The average molecular weight is 579 g/mol. The van der Waals surface area contributed by atoms with Gasteiger partial charge < -0.3 is 10.1 Å². The molecule has 0 spiro atoms. The number of nitrogens with zero attached hydrogens (tertiary/aromatic N) is 1. The van der Waals surface area contributed by atoms with Gasteiger partial charge >= 0.3 is 0 Å². The van der Waals surface area contributed by atoms with Crippen LogP contribution in [-0.2, 0) is 10.0 Å². The van der Waals surface area contributed by atoms with E-state index in [2.05, 4.69) is 30.2 Å². The minimum absolute atomic E-state index is 0.0779. The average Bonchev–Trinajstić information content (AvgIpc) is 2.97. The van der Waals surface area contributed by atoms with Crippen LogP contribution in [0.3, 0.4) is 0 Å². The largest absolute Gasteiger partial charge is 0.485 e. The highest BCUT2D eigenvalue weighted by Gasteiger charge is 2.27. The number of hydrogen-bond donors (Lipinski definition) is 2. The summed E-state index contributed by atoms with van der Waals surface area (Å²) < 4.78 is 34.4. The molecule has 1 atom stereocenters. The lowest BCUT2D eigenvalue weighted by Gasteiger charge is -2.31. The van der Waals surface area contributed by atoms with Gasteiger partial charge in [0, 0.05) is 40.0 Å². The zero-order chi connectivity index (χ0) is 25.7. The lowest BCUT2D eigenvalue weighted by molar-refractivity contribution is 0.112. The molecule has 3 aromatic carbocycles. The van der Waals surface area contributed by atoms with Gasteiger partial charge in [-0.15, -0.1) is 3.75 Å². The van der Waals surface area contributed by atoms with Gasteiger partial charge in [0.15, 0.2) is 0 Å². The number of hydrogen-bond acceptors (Lipinski definition) is 5. The highest BCUT2D eigenvalue weighted by molar-refractivity contribution is 9.09. The minimum atomic E-state index is -3.73. The Morgan fingerprint density at radius 3 is 2.22 bits per heavy atom. The Labute approximate surface area is 226 Å². The van der Waals surface area contributed by atoms with E-state index in [1.165, 1.54) is 0 Å². The predicted molar refractivity (Wildman–Crippen MR) is 150 cm³/mol. The van der Waals surface area contributed by atoms with Crippen molar-refractivity contribution < 1.29 is 13.2 Å². The normalized spacial score (nSPS) is 15.3. The third kappa shape index (κ3) is 5.93. The maximum absolute atomic E-state index is 12.8. The molecule has 4 aromatic rings. The number of nitrogens with one attached hydrogen (secondary N) is 2. The van der Waals surface area contributed by atoms with Crippen LogP contribution in [-0.4, -0.2) is 26.5 Å². The van der Waals surface area contributed by atoms with Crippen LogP contribution in [0.15, 0.2) is 102 Å². The summed E-state index contributed by atoms with van der Waals surface area (Å²) in [6.07, 6.45) is 5.60. The molecule has 0 bridgehead atoms. The molecule has 1 saturated heterocycles. The van der Waals surface area contributed by atoms with Crippen molar-refractivity contribution in [2.45, 2.75) is 23.8 Å². The molecule has 2 heterocycles. The van der Waals surface area contributed by atoms with E-state index >= 15 is 0 Å². The van der Waals surface area contributed by atoms with E-state index in [1.807, 2.05) is 78.9 Å². The summed E-state index contributed by atoms with van der Waals surface area (Å²) in [6.45, 7) is 1.95. The predicted octanol–water partition coefficient (Wildman–Crippen LogP) is 6.12. The Bertz CT molecular complexity index is 1430. The molecule has 1 fully saturated rings. The monoisotopic (exact) mass is 577 g/mol. The van der Waals surface area contributed by atoms with Crippen molar-refractivity contribution in [2.75, 3.05) is 13.1 Å². The molecule has 8 heteroatoms. The molecule has 6 nitrogen and oxygen atoms in total. The van der Waals surface area contributed by atoms with Gasteiger partial charge in [-0.25, -0.2) is 8.42 Å². The number of ether oxygens (including phenoxy) is 1. The molecule has 0 saturated carbocycles. The van der Waals surface area contributed by atoms with E-state index in [0.29, 0.717) is 11.5 Å². The molecule has 190 valence electrons. The second-order valence-corrected chi connectivity index (χ2v) is 11.7. The molecular weight excluding hydrogens is 550 g/mol. The summed E-state index contributed by atoms with van der Waals surface area (Å²) in [5.41, 5.74) is 4.46. The lowest BCUT2D eigenvalue weighted by Crippen LogP contribution is -2.32. The van der Waals surface area contributed by atoms with Crippen LogP contribution >= 0.6 is 16.1 Å². The van der Waals surface area contributed by atoms with Gasteiger partial charge in [-0.05, 0) is 84.6 Å². The molecular formula is C29H28BrN3O3S. The molecule has 1 aromatic heterocycles. The zero-order valence-corrected chi connectivity index (χ0v) is 22.6. The molecule has 1 unspecified atom stereocenters. The quantitative estimate of drug-likeness (QED) is 0.246. The van der Waals surface area contributed by atoms with Crippen molar-refractivity contribution >= 4 is 26.2 Å². The van der Waals surface area contributed by atoms with Gasteiger partial charge in [0.1, 0.15) is 11.9 Å². The van der Waals surface area contributed by atoms with E-state index in [4.69, 9.17) is 4.74 Å². The fraction of sp³-hybridized carbons (Fsp3) is 0.207. The number of piperidine rings is 1. The Morgan fingerprint density at radius 1 is 0.865 bits per heavy atom. The first kappa shape index (κ1) is 25.6.